The monoisotopic (exact) mass is 454 g/mol. The molecule has 3 amide bonds. The average Bonchev–Trinajstić information content (AvgIpc) is 3.28. The van der Waals surface area contributed by atoms with Crippen LogP contribution in [0.15, 0.2) is 48.5 Å². The molecule has 0 radical (unpaired) electrons. The Kier molecular flexibility index (Phi) is 7.39. The van der Waals surface area contributed by atoms with Crippen LogP contribution in [0.1, 0.15) is 36.8 Å². The SMILES string of the molecule is CC(=O)O.O=C(CNC(=O)OCC1c2ccccc2-c2ccccc21)ON1C(=O)CCC1=O. The van der Waals surface area contributed by atoms with Crippen molar-refractivity contribution in [3.8, 4) is 11.1 Å². The normalized spacial score (nSPS) is 14.0. The molecule has 0 spiro atoms. The first-order chi connectivity index (χ1) is 15.8. The number of amides is 3. The van der Waals surface area contributed by atoms with Crippen LogP contribution in [0.3, 0.4) is 0 Å². The van der Waals surface area contributed by atoms with Crippen molar-refractivity contribution < 1.29 is 38.7 Å². The molecule has 0 aromatic heterocycles. The molecule has 0 atom stereocenters. The van der Waals surface area contributed by atoms with Crippen LogP contribution in [0.2, 0.25) is 0 Å². The zero-order chi connectivity index (χ0) is 24.0. The molecular formula is C23H22N2O8. The highest BCUT2D eigenvalue weighted by atomic mass is 16.7. The summed E-state index contributed by atoms with van der Waals surface area (Å²) in [7, 11) is 0. The lowest BCUT2D eigenvalue weighted by molar-refractivity contribution is -0.196. The van der Waals surface area contributed by atoms with E-state index in [1.165, 1.54) is 0 Å². The predicted octanol–water partition coefficient (Wildman–Crippen LogP) is 2.22. The Morgan fingerprint density at radius 1 is 0.970 bits per heavy atom. The van der Waals surface area contributed by atoms with Crippen molar-refractivity contribution in [1.29, 1.82) is 0 Å². The molecule has 10 nitrogen and oxygen atoms in total. The van der Waals surface area contributed by atoms with Gasteiger partial charge in [-0.15, -0.1) is 5.06 Å². The third-order valence-electron chi connectivity index (χ3n) is 4.92. The fourth-order valence-corrected chi connectivity index (χ4v) is 3.59. The van der Waals surface area contributed by atoms with Crippen molar-refractivity contribution >= 4 is 29.8 Å². The minimum absolute atomic E-state index is 0.00587. The molecule has 2 aromatic rings. The number of alkyl carbamates (subject to hydrolysis) is 1. The van der Waals surface area contributed by atoms with Crippen molar-refractivity contribution in [3.05, 3.63) is 59.7 Å². The molecule has 2 N–H and O–H groups in total. The maximum absolute atomic E-state index is 12.0. The van der Waals surface area contributed by atoms with E-state index in [4.69, 9.17) is 14.6 Å². The van der Waals surface area contributed by atoms with Gasteiger partial charge in [0.15, 0.2) is 0 Å². The van der Waals surface area contributed by atoms with Gasteiger partial charge in [-0.1, -0.05) is 48.5 Å². The molecule has 4 rings (SSSR count). The molecular weight excluding hydrogens is 432 g/mol. The summed E-state index contributed by atoms with van der Waals surface area (Å²) in [6.45, 7) is 0.672. The van der Waals surface area contributed by atoms with E-state index < -0.39 is 36.4 Å². The van der Waals surface area contributed by atoms with Crippen LogP contribution < -0.4 is 5.32 Å². The summed E-state index contributed by atoms with van der Waals surface area (Å²) in [5.41, 5.74) is 4.38. The van der Waals surface area contributed by atoms with Crippen molar-refractivity contribution in [2.75, 3.05) is 13.2 Å². The summed E-state index contributed by atoms with van der Waals surface area (Å²) in [5.74, 6) is -3.02. The van der Waals surface area contributed by atoms with Crippen LogP contribution in [-0.4, -0.2) is 53.2 Å². The van der Waals surface area contributed by atoms with Crippen molar-refractivity contribution in [1.82, 2.24) is 10.4 Å². The van der Waals surface area contributed by atoms with Gasteiger partial charge in [0, 0.05) is 25.7 Å². The summed E-state index contributed by atoms with van der Waals surface area (Å²) in [6.07, 6.45) is -0.777. The number of hydroxylamine groups is 2. The van der Waals surface area contributed by atoms with Crippen molar-refractivity contribution in [2.24, 2.45) is 0 Å². The first-order valence-corrected chi connectivity index (χ1v) is 10.1. The van der Waals surface area contributed by atoms with Gasteiger partial charge in [-0.25, -0.2) is 9.59 Å². The van der Waals surface area contributed by atoms with Gasteiger partial charge in [0.05, 0.1) is 0 Å². The molecule has 1 aliphatic heterocycles. The largest absolute Gasteiger partial charge is 0.481 e. The van der Waals surface area contributed by atoms with Crippen LogP contribution in [0.25, 0.3) is 11.1 Å². The summed E-state index contributed by atoms with van der Waals surface area (Å²) in [5, 5.41) is 10.1. The van der Waals surface area contributed by atoms with Crippen LogP contribution in [0.5, 0.6) is 0 Å². The van der Waals surface area contributed by atoms with E-state index in [0.29, 0.717) is 5.06 Å². The first-order valence-electron chi connectivity index (χ1n) is 10.1. The second-order valence-corrected chi connectivity index (χ2v) is 7.24. The first kappa shape index (κ1) is 23.5. The Labute approximate surface area is 189 Å². The molecule has 1 aliphatic carbocycles. The number of nitrogens with zero attached hydrogens (tertiary/aromatic N) is 1. The molecule has 172 valence electrons. The number of imide groups is 1. The van der Waals surface area contributed by atoms with E-state index in [2.05, 4.69) is 10.2 Å². The molecule has 0 saturated carbocycles. The standard InChI is InChI=1S/C21H18N2O6.C2H4O2/c24-18-9-10-19(25)23(18)29-20(26)11-22-21(27)28-12-17-15-7-3-1-5-13(15)14-6-2-4-8-16(14)17;1-2(3)4/h1-8,17H,9-12H2,(H,22,27);1H3,(H,3,4). The zero-order valence-corrected chi connectivity index (χ0v) is 17.8. The van der Waals surface area contributed by atoms with E-state index >= 15 is 0 Å². The average molecular weight is 454 g/mol. The molecule has 1 fully saturated rings. The van der Waals surface area contributed by atoms with E-state index in [9.17, 15) is 19.2 Å². The van der Waals surface area contributed by atoms with Gasteiger partial charge in [-0.2, -0.15) is 0 Å². The smallest absolute Gasteiger partial charge is 0.407 e. The topological polar surface area (TPSA) is 139 Å². The van der Waals surface area contributed by atoms with E-state index in [-0.39, 0.29) is 25.4 Å². The van der Waals surface area contributed by atoms with Gasteiger partial charge in [0.2, 0.25) is 0 Å². The lowest BCUT2D eigenvalue weighted by Gasteiger charge is -2.15. The molecule has 10 heteroatoms. The number of fused-ring (bicyclic) bond motifs is 3. The minimum Gasteiger partial charge on any atom is -0.481 e. The van der Waals surface area contributed by atoms with Crippen molar-refractivity contribution in [2.45, 2.75) is 25.7 Å². The quantitative estimate of drug-likeness (QED) is 0.656. The summed E-state index contributed by atoms with van der Waals surface area (Å²) in [6, 6.07) is 15.9. The fraction of sp³-hybridized carbons (Fsp3) is 0.261. The number of carbonyl (C=O) groups excluding carboxylic acids is 4. The number of ether oxygens (including phenoxy) is 1. The Morgan fingerprint density at radius 2 is 1.45 bits per heavy atom. The van der Waals surface area contributed by atoms with Gasteiger partial charge in [-0.3, -0.25) is 14.4 Å². The van der Waals surface area contributed by atoms with Crippen LogP contribution in [0.4, 0.5) is 4.79 Å². The highest BCUT2D eigenvalue weighted by Crippen LogP contribution is 2.44. The van der Waals surface area contributed by atoms with Crippen LogP contribution in [0, 0.1) is 0 Å². The third kappa shape index (κ3) is 5.73. The lowest BCUT2D eigenvalue weighted by atomic mass is 9.98. The Hall–Kier alpha value is -4.21. The van der Waals surface area contributed by atoms with E-state index in [1.807, 2.05) is 48.5 Å². The molecule has 0 bridgehead atoms. The second kappa shape index (κ2) is 10.4. The van der Waals surface area contributed by atoms with E-state index in [1.54, 1.807) is 0 Å². The molecule has 33 heavy (non-hydrogen) atoms. The minimum atomic E-state index is -0.929. The number of carboxylic acid groups (broad SMARTS) is 1. The maximum atomic E-state index is 12.0. The van der Waals surface area contributed by atoms with Gasteiger partial charge in [0.25, 0.3) is 17.8 Å². The third-order valence-corrected chi connectivity index (χ3v) is 4.92. The second-order valence-electron chi connectivity index (χ2n) is 7.24. The van der Waals surface area contributed by atoms with Gasteiger partial charge >= 0.3 is 12.1 Å². The highest BCUT2D eigenvalue weighted by Gasteiger charge is 2.33. The maximum Gasteiger partial charge on any atom is 0.407 e. The number of hydrogen-bond donors (Lipinski definition) is 2. The van der Waals surface area contributed by atoms with Gasteiger partial charge < -0.3 is 20.0 Å². The molecule has 1 heterocycles. The highest BCUT2D eigenvalue weighted by molar-refractivity contribution is 6.01. The Morgan fingerprint density at radius 3 is 1.97 bits per heavy atom. The summed E-state index contributed by atoms with van der Waals surface area (Å²) < 4.78 is 5.30. The van der Waals surface area contributed by atoms with Gasteiger partial charge in [-0.05, 0) is 22.3 Å². The fourth-order valence-electron chi connectivity index (χ4n) is 3.59. The number of aliphatic carboxylic acids is 1. The Balaban J connectivity index is 0.000000709. The number of carbonyl (C=O) groups is 5. The number of benzene rings is 2. The van der Waals surface area contributed by atoms with Crippen LogP contribution >= 0.6 is 0 Å². The molecule has 2 aromatic carbocycles. The Bertz CT molecular complexity index is 1030. The summed E-state index contributed by atoms with van der Waals surface area (Å²) in [4.78, 5) is 60.3. The summed E-state index contributed by atoms with van der Waals surface area (Å²) >= 11 is 0. The number of rotatable bonds is 5. The van der Waals surface area contributed by atoms with Crippen LogP contribution in [-0.2, 0) is 28.8 Å². The predicted molar refractivity (Wildman–Crippen MR) is 114 cm³/mol. The molecule has 1 saturated heterocycles. The zero-order valence-electron chi connectivity index (χ0n) is 17.8. The van der Waals surface area contributed by atoms with E-state index in [0.717, 1.165) is 29.2 Å². The lowest BCUT2D eigenvalue weighted by Crippen LogP contribution is -2.38. The molecule has 0 unspecified atom stereocenters. The number of carboxylic acids is 1. The number of nitrogens with one attached hydrogen (secondary N) is 1. The van der Waals surface area contributed by atoms with Crippen molar-refractivity contribution in [3.63, 3.8) is 0 Å². The number of hydrogen-bond acceptors (Lipinski definition) is 7. The van der Waals surface area contributed by atoms with Gasteiger partial charge in [0.1, 0.15) is 13.2 Å². The molecule has 2 aliphatic rings.